The number of nitrogens with zero attached hydrogens (tertiary/aromatic N) is 4. The summed E-state index contributed by atoms with van der Waals surface area (Å²) in [5.74, 6) is 1.49. The van der Waals surface area contributed by atoms with Crippen LogP contribution in [-0.2, 0) is 11.3 Å². The second kappa shape index (κ2) is 7.40. The van der Waals surface area contributed by atoms with Crippen molar-refractivity contribution in [2.45, 2.75) is 19.4 Å². The van der Waals surface area contributed by atoms with Gasteiger partial charge in [0, 0.05) is 58.1 Å². The maximum Gasteiger partial charge on any atom is 0.225 e. The lowest BCUT2D eigenvalue weighted by Crippen LogP contribution is -2.45. The minimum Gasteiger partial charge on any atom is -0.384 e. The largest absolute Gasteiger partial charge is 0.384 e. The van der Waals surface area contributed by atoms with Crippen LogP contribution in [-0.4, -0.2) is 54.8 Å². The Kier molecular flexibility index (Phi) is 5.01. The third-order valence-corrected chi connectivity index (χ3v) is 6.56. The molecule has 0 unspecified atom stereocenters. The fourth-order valence-corrected chi connectivity index (χ4v) is 5.17. The number of likely N-dealkylation sites (tertiary alicyclic amines) is 1. The van der Waals surface area contributed by atoms with E-state index in [1.54, 1.807) is 11.3 Å². The van der Waals surface area contributed by atoms with Crippen LogP contribution in [0.3, 0.4) is 0 Å². The summed E-state index contributed by atoms with van der Waals surface area (Å²) in [5, 5.41) is 4.44. The van der Waals surface area contributed by atoms with E-state index in [-0.39, 0.29) is 0 Å². The summed E-state index contributed by atoms with van der Waals surface area (Å²) in [4.78, 5) is 13.8. The summed E-state index contributed by atoms with van der Waals surface area (Å²) < 4.78 is 5.59. The zero-order chi connectivity index (χ0) is 17.1. The number of hydrogen-bond acceptors (Lipinski definition) is 6. The molecule has 2 aliphatic rings. The summed E-state index contributed by atoms with van der Waals surface area (Å²) in [7, 11) is 1.84. The van der Waals surface area contributed by atoms with Gasteiger partial charge in [-0.3, -0.25) is 4.90 Å². The predicted molar refractivity (Wildman–Crippen MR) is 101 cm³/mol. The highest BCUT2D eigenvalue weighted by Crippen LogP contribution is 2.45. The molecule has 0 N–H and O–H groups in total. The minimum atomic E-state index is 0.372. The summed E-state index contributed by atoms with van der Waals surface area (Å²) in [6.07, 6.45) is 6.05. The van der Waals surface area contributed by atoms with Crippen molar-refractivity contribution in [3.63, 3.8) is 0 Å². The molecular formula is C19H26N4OS. The van der Waals surface area contributed by atoms with Gasteiger partial charge in [-0.15, -0.1) is 0 Å². The summed E-state index contributed by atoms with van der Waals surface area (Å²) in [6.45, 7) is 6.33. The Hall–Kier alpha value is -1.50. The summed E-state index contributed by atoms with van der Waals surface area (Å²) >= 11 is 1.79. The van der Waals surface area contributed by atoms with E-state index in [2.05, 4.69) is 36.6 Å². The second-order valence-corrected chi connectivity index (χ2v) is 8.13. The van der Waals surface area contributed by atoms with Gasteiger partial charge in [0.25, 0.3) is 0 Å². The van der Waals surface area contributed by atoms with E-state index in [1.807, 2.05) is 25.6 Å². The first-order valence-corrected chi connectivity index (χ1v) is 9.98. The molecule has 5 nitrogen and oxygen atoms in total. The van der Waals surface area contributed by atoms with Crippen LogP contribution in [0.25, 0.3) is 0 Å². The third-order valence-electron chi connectivity index (χ3n) is 5.83. The zero-order valence-electron chi connectivity index (χ0n) is 14.8. The van der Waals surface area contributed by atoms with Gasteiger partial charge in [-0.1, -0.05) is 0 Å². The molecule has 4 rings (SSSR count). The smallest absolute Gasteiger partial charge is 0.225 e. The first-order valence-electron chi connectivity index (χ1n) is 9.03. The molecule has 0 aliphatic carbocycles. The monoisotopic (exact) mass is 358 g/mol. The van der Waals surface area contributed by atoms with Gasteiger partial charge in [0.05, 0.1) is 6.61 Å². The Morgan fingerprint density at radius 1 is 1.28 bits per heavy atom. The second-order valence-electron chi connectivity index (χ2n) is 7.35. The number of methoxy groups -OCH3 is 1. The average molecular weight is 359 g/mol. The van der Waals surface area contributed by atoms with Crippen LogP contribution < -0.4 is 4.90 Å². The average Bonchev–Trinajstić information content (AvgIpc) is 3.26. The van der Waals surface area contributed by atoms with Gasteiger partial charge < -0.3 is 9.64 Å². The number of hydrogen-bond donors (Lipinski definition) is 0. The highest BCUT2D eigenvalue weighted by molar-refractivity contribution is 7.07. The Bertz CT molecular complexity index is 655. The van der Waals surface area contributed by atoms with Crippen molar-refractivity contribution < 1.29 is 4.74 Å². The molecule has 1 atom stereocenters. The number of piperidine rings is 1. The topological polar surface area (TPSA) is 41.5 Å². The lowest BCUT2D eigenvalue weighted by Gasteiger charge is -2.42. The van der Waals surface area contributed by atoms with Crippen LogP contribution in [0.1, 0.15) is 18.4 Å². The van der Waals surface area contributed by atoms with Gasteiger partial charge in [0.1, 0.15) is 0 Å². The van der Waals surface area contributed by atoms with Crippen molar-refractivity contribution in [2.24, 2.45) is 11.3 Å². The fourth-order valence-electron chi connectivity index (χ4n) is 4.51. The molecule has 2 fully saturated rings. The maximum atomic E-state index is 5.59. The van der Waals surface area contributed by atoms with Gasteiger partial charge in [-0.2, -0.15) is 11.3 Å². The van der Waals surface area contributed by atoms with Crippen LogP contribution >= 0.6 is 11.3 Å². The quantitative estimate of drug-likeness (QED) is 0.822. The molecule has 2 aromatic rings. The molecule has 0 bridgehead atoms. The van der Waals surface area contributed by atoms with Crippen LogP contribution in [0, 0.1) is 11.3 Å². The Labute approximate surface area is 153 Å². The Balaban J connectivity index is 1.44. The first kappa shape index (κ1) is 16.9. The zero-order valence-corrected chi connectivity index (χ0v) is 15.6. The predicted octanol–water partition coefficient (Wildman–Crippen LogP) is 2.90. The van der Waals surface area contributed by atoms with Crippen LogP contribution in [0.5, 0.6) is 0 Å². The molecule has 4 heterocycles. The van der Waals surface area contributed by atoms with Gasteiger partial charge in [-0.25, -0.2) is 9.97 Å². The number of ether oxygens (including phenoxy) is 1. The maximum absolute atomic E-state index is 5.59. The van der Waals surface area contributed by atoms with E-state index in [4.69, 9.17) is 4.74 Å². The highest BCUT2D eigenvalue weighted by atomic mass is 32.1. The molecular weight excluding hydrogens is 332 g/mol. The standard InChI is InChI=1S/C19H26N4OS/c1-24-13-17-12-22(11-16-3-10-25-14-16)15-19(17)4-8-23(9-5-19)18-20-6-2-7-21-18/h2-3,6-7,10,14,17H,4-5,8-9,11-13,15H2,1H3/t17-/m0/s1. The molecule has 0 saturated carbocycles. The van der Waals surface area contributed by atoms with Crippen LogP contribution in [0.2, 0.25) is 0 Å². The van der Waals surface area contributed by atoms with E-state index in [9.17, 15) is 0 Å². The van der Waals surface area contributed by atoms with Crippen molar-refractivity contribution in [3.05, 3.63) is 40.8 Å². The summed E-state index contributed by atoms with van der Waals surface area (Å²) in [5.41, 5.74) is 1.81. The number of anilines is 1. The molecule has 2 saturated heterocycles. The molecule has 2 aromatic heterocycles. The van der Waals surface area contributed by atoms with Gasteiger partial charge in [0.15, 0.2) is 0 Å². The molecule has 2 aliphatic heterocycles. The molecule has 0 aromatic carbocycles. The van der Waals surface area contributed by atoms with E-state index >= 15 is 0 Å². The van der Waals surface area contributed by atoms with E-state index in [0.29, 0.717) is 11.3 Å². The molecule has 6 heteroatoms. The van der Waals surface area contributed by atoms with E-state index in [0.717, 1.165) is 38.7 Å². The normalized spacial score (nSPS) is 23.4. The SMILES string of the molecule is COC[C@@H]1CN(Cc2ccsc2)CC12CCN(c1ncccn1)CC2. The Morgan fingerprint density at radius 2 is 2.08 bits per heavy atom. The number of aromatic nitrogens is 2. The van der Waals surface area contributed by atoms with Gasteiger partial charge in [0.2, 0.25) is 5.95 Å². The molecule has 0 radical (unpaired) electrons. The van der Waals surface area contributed by atoms with E-state index in [1.165, 1.54) is 24.9 Å². The highest BCUT2D eigenvalue weighted by Gasteiger charge is 2.47. The summed E-state index contributed by atoms with van der Waals surface area (Å²) in [6, 6.07) is 4.12. The van der Waals surface area contributed by atoms with Gasteiger partial charge >= 0.3 is 0 Å². The third kappa shape index (κ3) is 3.57. The fraction of sp³-hybridized carbons (Fsp3) is 0.579. The molecule has 0 amide bonds. The minimum absolute atomic E-state index is 0.372. The lowest BCUT2D eigenvalue weighted by atomic mass is 9.71. The molecule has 25 heavy (non-hydrogen) atoms. The number of rotatable bonds is 5. The van der Waals surface area contributed by atoms with E-state index < -0.39 is 0 Å². The first-order chi connectivity index (χ1) is 12.3. The Morgan fingerprint density at radius 3 is 2.76 bits per heavy atom. The number of thiophene rings is 1. The van der Waals surface area contributed by atoms with Crippen LogP contribution in [0.15, 0.2) is 35.3 Å². The molecule has 134 valence electrons. The lowest BCUT2D eigenvalue weighted by molar-refractivity contribution is 0.0760. The molecule has 1 spiro atoms. The van der Waals surface area contributed by atoms with Crippen molar-refractivity contribution in [3.8, 4) is 0 Å². The van der Waals surface area contributed by atoms with Gasteiger partial charge in [-0.05, 0) is 46.7 Å². The van der Waals surface area contributed by atoms with Crippen molar-refractivity contribution >= 4 is 17.3 Å². The van der Waals surface area contributed by atoms with Crippen molar-refractivity contribution in [1.82, 2.24) is 14.9 Å². The van der Waals surface area contributed by atoms with Crippen molar-refractivity contribution in [1.29, 1.82) is 0 Å². The van der Waals surface area contributed by atoms with Crippen LogP contribution in [0.4, 0.5) is 5.95 Å². The van der Waals surface area contributed by atoms with Crippen molar-refractivity contribution in [2.75, 3.05) is 44.8 Å².